The second-order valence-corrected chi connectivity index (χ2v) is 5.69. The SMILES string of the molecule is COc1cc(Br)c(CNC(=O)C2CC2C)cc1OC. The second kappa shape index (κ2) is 5.82. The first-order chi connectivity index (χ1) is 9.06. The van der Waals surface area contributed by atoms with Crippen LogP contribution in [0.15, 0.2) is 16.6 Å². The fourth-order valence-electron chi connectivity index (χ4n) is 2.03. The fraction of sp³-hybridized carbons (Fsp3) is 0.500. The first-order valence-corrected chi connectivity index (χ1v) is 7.04. The molecule has 19 heavy (non-hydrogen) atoms. The van der Waals surface area contributed by atoms with Gasteiger partial charge in [0.2, 0.25) is 5.91 Å². The van der Waals surface area contributed by atoms with E-state index >= 15 is 0 Å². The summed E-state index contributed by atoms with van der Waals surface area (Å²) in [6.07, 6.45) is 0.999. The summed E-state index contributed by atoms with van der Waals surface area (Å²) in [6, 6.07) is 3.72. The van der Waals surface area contributed by atoms with E-state index in [1.807, 2.05) is 12.1 Å². The van der Waals surface area contributed by atoms with E-state index in [1.54, 1.807) is 14.2 Å². The van der Waals surface area contributed by atoms with Gasteiger partial charge < -0.3 is 14.8 Å². The van der Waals surface area contributed by atoms with Crippen molar-refractivity contribution in [2.45, 2.75) is 19.9 Å². The molecular weight excluding hydrogens is 310 g/mol. The van der Waals surface area contributed by atoms with Gasteiger partial charge in [-0.25, -0.2) is 0 Å². The Morgan fingerprint density at radius 2 is 1.95 bits per heavy atom. The number of carbonyl (C=O) groups excluding carboxylic acids is 1. The van der Waals surface area contributed by atoms with Crippen molar-refractivity contribution in [1.29, 1.82) is 0 Å². The Bertz CT molecular complexity index is 490. The maximum absolute atomic E-state index is 11.8. The molecule has 0 radical (unpaired) electrons. The number of hydrogen-bond acceptors (Lipinski definition) is 3. The predicted molar refractivity (Wildman–Crippen MR) is 76.4 cm³/mol. The molecule has 104 valence electrons. The van der Waals surface area contributed by atoms with E-state index in [2.05, 4.69) is 28.2 Å². The van der Waals surface area contributed by atoms with Gasteiger partial charge in [-0.3, -0.25) is 4.79 Å². The first-order valence-electron chi connectivity index (χ1n) is 6.25. The molecule has 0 bridgehead atoms. The molecule has 2 rings (SSSR count). The van der Waals surface area contributed by atoms with E-state index in [0.29, 0.717) is 24.0 Å². The molecule has 0 aromatic heterocycles. The Morgan fingerprint density at radius 3 is 2.47 bits per heavy atom. The highest BCUT2D eigenvalue weighted by Gasteiger charge is 2.38. The van der Waals surface area contributed by atoms with Gasteiger partial charge in [0.05, 0.1) is 14.2 Å². The summed E-state index contributed by atoms with van der Waals surface area (Å²) in [5.74, 6) is 2.18. The lowest BCUT2D eigenvalue weighted by molar-refractivity contribution is -0.122. The minimum atomic E-state index is 0.134. The van der Waals surface area contributed by atoms with Gasteiger partial charge in [0, 0.05) is 16.9 Å². The number of amides is 1. The summed E-state index contributed by atoms with van der Waals surface area (Å²) in [5, 5.41) is 2.96. The van der Waals surface area contributed by atoms with Gasteiger partial charge in [0.1, 0.15) is 0 Å². The largest absolute Gasteiger partial charge is 0.493 e. The number of nitrogens with one attached hydrogen (secondary N) is 1. The average molecular weight is 328 g/mol. The molecule has 1 saturated carbocycles. The average Bonchev–Trinajstić information content (AvgIpc) is 3.13. The maximum Gasteiger partial charge on any atom is 0.223 e. The van der Waals surface area contributed by atoms with Gasteiger partial charge in [-0.2, -0.15) is 0 Å². The zero-order valence-electron chi connectivity index (χ0n) is 11.3. The zero-order chi connectivity index (χ0) is 14.0. The lowest BCUT2D eigenvalue weighted by Crippen LogP contribution is -2.25. The maximum atomic E-state index is 11.8. The molecule has 0 spiro atoms. The van der Waals surface area contributed by atoms with Crippen LogP contribution in [0.25, 0.3) is 0 Å². The van der Waals surface area contributed by atoms with E-state index < -0.39 is 0 Å². The third-order valence-corrected chi connectivity index (χ3v) is 4.19. The molecular formula is C14H18BrNO3. The molecule has 1 fully saturated rings. The van der Waals surface area contributed by atoms with Crippen molar-refractivity contribution in [2.24, 2.45) is 11.8 Å². The highest BCUT2D eigenvalue weighted by atomic mass is 79.9. The third-order valence-electron chi connectivity index (χ3n) is 3.45. The molecule has 2 unspecified atom stereocenters. The molecule has 2 atom stereocenters. The third kappa shape index (κ3) is 3.21. The molecule has 1 aromatic rings. The van der Waals surface area contributed by atoms with Crippen molar-refractivity contribution in [2.75, 3.05) is 14.2 Å². The number of methoxy groups -OCH3 is 2. The van der Waals surface area contributed by atoms with Crippen LogP contribution in [0.3, 0.4) is 0 Å². The van der Waals surface area contributed by atoms with E-state index in [1.165, 1.54) is 0 Å². The van der Waals surface area contributed by atoms with Gasteiger partial charge in [0.25, 0.3) is 0 Å². The summed E-state index contributed by atoms with van der Waals surface area (Å²) < 4.78 is 11.4. The van der Waals surface area contributed by atoms with E-state index in [0.717, 1.165) is 16.5 Å². The van der Waals surface area contributed by atoms with Gasteiger partial charge in [-0.15, -0.1) is 0 Å². The summed E-state index contributed by atoms with van der Waals surface area (Å²) in [4.78, 5) is 11.8. The molecule has 1 amide bonds. The Labute approximate surface area is 121 Å². The lowest BCUT2D eigenvalue weighted by Gasteiger charge is -2.12. The number of benzene rings is 1. The van der Waals surface area contributed by atoms with Gasteiger partial charge in [-0.05, 0) is 30.0 Å². The lowest BCUT2D eigenvalue weighted by atomic mass is 10.2. The molecule has 1 aromatic carbocycles. The fourth-order valence-corrected chi connectivity index (χ4v) is 2.50. The van der Waals surface area contributed by atoms with Crippen molar-refractivity contribution >= 4 is 21.8 Å². The van der Waals surface area contributed by atoms with Crippen LogP contribution in [0.4, 0.5) is 0 Å². The minimum absolute atomic E-state index is 0.134. The van der Waals surface area contributed by atoms with Crippen molar-refractivity contribution in [3.8, 4) is 11.5 Å². The number of hydrogen-bond donors (Lipinski definition) is 1. The van der Waals surface area contributed by atoms with Crippen molar-refractivity contribution < 1.29 is 14.3 Å². The van der Waals surface area contributed by atoms with Crippen LogP contribution >= 0.6 is 15.9 Å². The molecule has 0 aliphatic heterocycles. The predicted octanol–water partition coefficient (Wildman–Crippen LogP) is 2.74. The van der Waals surface area contributed by atoms with Crippen molar-refractivity contribution in [1.82, 2.24) is 5.32 Å². The van der Waals surface area contributed by atoms with Crippen LogP contribution in [0.2, 0.25) is 0 Å². The highest BCUT2D eigenvalue weighted by Crippen LogP contribution is 2.38. The van der Waals surface area contributed by atoms with Crippen LogP contribution in [0.1, 0.15) is 18.9 Å². The van der Waals surface area contributed by atoms with Gasteiger partial charge in [0.15, 0.2) is 11.5 Å². The first kappa shape index (κ1) is 14.2. The molecule has 0 saturated heterocycles. The molecule has 4 nitrogen and oxygen atoms in total. The van der Waals surface area contributed by atoms with E-state index in [4.69, 9.17) is 9.47 Å². The Hall–Kier alpha value is -1.23. The van der Waals surface area contributed by atoms with Crippen LogP contribution in [0.5, 0.6) is 11.5 Å². The smallest absolute Gasteiger partial charge is 0.223 e. The summed E-state index contributed by atoms with van der Waals surface area (Å²) in [6.45, 7) is 2.58. The van der Waals surface area contributed by atoms with Crippen LogP contribution < -0.4 is 14.8 Å². The Balaban J connectivity index is 2.05. The standard InChI is InChI=1S/C14H18BrNO3/c1-8-4-10(8)14(17)16-7-9-5-12(18-2)13(19-3)6-11(9)15/h5-6,8,10H,4,7H2,1-3H3,(H,16,17). The molecule has 0 heterocycles. The number of halogens is 1. The Morgan fingerprint density at radius 1 is 1.37 bits per heavy atom. The van der Waals surface area contributed by atoms with Crippen LogP contribution in [-0.4, -0.2) is 20.1 Å². The normalized spacial score (nSPS) is 20.8. The highest BCUT2D eigenvalue weighted by molar-refractivity contribution is 9.10. The van der Waals surface area contributed by atoms with Gasteiger partial charge >= 0.3 is 0 Å². The summed E-state index contributed by atoms with van der Waals surface area (Å²) in [5.41, 5.74) is 0.972. The van der Waals surface area contributed by atoms with Crippen LogP contribution in [0, 0.1) is 11.8 Å². The van der Waals surface area contributed by atoms with Crippen LogP contribution in [-0.2, 0) is 11.3 Å². The second-order valence-electron chi connectivity index (χ2n) is 4.84. The van der Waals surface area contributed by atoms with Crippen molar-refractivity contribution in [3.05, 3.63) is 22.2 Å². The number of ether oxygens (including phenoxy) is 2. The molecule has 1 N–H and O–H groups in total. The topological polar surface area (TPSA) is 47.6 Å². The molecule has 5 heteroatoms. The number of rotatable bonds is 5. The minimum Gasteiger partial charge on any atom is -0.493 e. The quantitative estimate of drug-likeness (QED) is 0.904. The van der Waals surface area contributed by atoms with E-state index in [9.17, 15) is 4.79 Å². The van der Waals surface area contributed by atoms with Crippen molar-refractivity contribution in [3.63, 3.8) is 0 Å². The molecule has 1 aliphatic carbocycles. The van der Waals surface area contributed by atoms with E-state index in [-0.39, 0.29) is 11.8 Å². The zero-order valence-corrected chi connectivity index (χ0v) is 12.9. The number of carbonyl (C=O) groups is 1. The molecule has 1 aliphatic rings. The Kier molecular flexibility index (Phi) is 4.34. The monoisotopic (exact) mass is 327 g/mol. The van der Waals surface area contributed by atoms with Gasteiger partial charge in [-0.1, -0.05) is 22.9 Å². The summed E-state index contributed by atoms with van der Waals surface area (Å²) in [7, 11) is 3.19. The summed E-state index contributed by atoms with van der Waals surface area (Å²) >= 11 is 3.48.